The van der Waals surface area contributed by atoms with Gasteiger partial charge in [-0.15, -0.1) is 0 Å². The van der Waals surface area contributed by atoms with Crippen molar-refractivity contribution in [2.45, 2.75) is 6.42 Å². The Morgan fingerprint density at radius 1 is 1.38 bits per heavy atom. The lowest BCUT2D eigenvalue weighted by Gasteiger charge is -2.14. The van der Waals surface area contributed by atoms with Gasteiger partial charge >= 0.3 is 5.97 Å². The monoisotopic (exact) mass is 332 g/mol. The second-order valence-corrected chi connectivity index (χ2v) is 7.05. The van der Waals surface area contributed by atoms with Gasteiger partial charge in [0.05, 0.1) is 28.6 Å². The van der Waals surface area contributed by atoms with Crippen LogP contribution in [0.2, 0.25) is 5.02 Å². The van der Waals surface area contributed by atoms with Gasteiger partial charge in [-0.25, -0.2) is 13.2 Å². The van der Waals surface area contributed by atoms with Gasteiger partial charge in [-0.3, -0.25) is 4.79 Å². The molecule has 0 bridgehead atoms. The lowest BCUT2D eigenvalue weighted by molar-refractivity contribution is -0.116. The Bertz CT molecular complexity index is 689. The molecule has 1 aliphatic heterocycles. The number of aromatic carboxylic acids is 1. The van der Waals surface area contributed by atoms with E-state index in [9.17, 15) is 18.0 Å². The molecule has 2 N–H and O–H groups in total. The first-order valence-corrected chi connectivity index (χ1v) is 8.09. The predicted octanol–water partition coefficient (Wildman–Crippen LogP) is 1.01. The molecule has 1 fully saturated rings. The maximum absolute atomic E-state index is 11.9. The predicted molar refractivity (Wildman–Crippen MR) is 77.0 cm³/mol. The Morgan fingerprint density at radius 2 is 2.10 bits per heavy atom. The molecule has 114 valence electrons. The van der Waals surface area contributed by atoms with Crippen LogP contribution in [-0.4, -0.2) is 48.5 Å². The molecule has 0 aliphatic carbocycles. The Morgan fingerprint density at radius 3 is 2.67 bits per heavy atom. The SMILES string of the molecule is O=C(CN1CCCS1(=O)=O)Nc1cc(C(=O)O)ccc1Cl. The zero-order valence-corrected chi connectivity index (χ0v) is 12.4. The number of carbonyl (C=O) groups is 2. The molecule has 1 aromatic carbocycles. The van der Waals surface area contributed by atoms with Crippen LogP contribution in [0.15, 0.2) is 18.2 Å². The van der Waals surface area contributed by atoms with Crippen molar-refractivity contribution in [2.24, 2.45) is 0 Å². The summed E-state index contributed by atoms with van der Waals surface area (Å²) < 4.78 is 24.3. The van der Waals surface area contributed by atoms with Gasteiger partial charge in [0.2, 0.25) is 15.9 Å². The van der Waals surface area contributed by atoms with Gasteiger partial charge in [0.1, 0.15) is 0 Å². The fraction of sp³-hybridized carbons (Fsp3) is 0.333. The number of carboxylic acids is 1. The standard InChI is InChI=1S/C12H13ClN2O5S/c13-9-3-2-8(12(17)18)6-10(9)14-11(16)7-15-4-1-5-21(15,19)20/h2-3,6H,1,4-5,7H2,(H,14,16)(H,17,18). The van der Waals surface area contributed by atoms with E-state index in [0.717, 1.165) is 4.31 Å². The van der Waals surface area contributed by atoms with Crippen molar-refractivity contribution in [1.29, 1.82) is 0 Å². The van der Waals surface area contributed by atoms with Crippen LogP contribution in [0.3, 0.4) is 0 Å². The number of halogens is 1. The van der Waals surface area contributed by atoms with Gasteiger partial charge in [-0.1, -0.05) is 11.6 Å². The molecule has 0 spiro atoms. The normalized spacial score (nSPS) is 17.6. The maximum Gasteiger partial charge on any atom is 0.335 e. The first-order chi connectivity index (χ1) is 9.79. The molecule has 0 saturated carbocycles. The van der Waals surface area contributed by atoms with E-state index >= 15 is 0 Å². The summed E-state index contributed by atoms with van der Waals surface area (Å²) in [5.41, 5.74) is 0.113. The van der Waals surface area contributed by atoms with Gasteiger partial charge in [0, 0.05) is 6.54 Å². The van der Waals surface area contributed by atoms with Crippen molar-refractivity contribution in [2.75, 3.05) is 24.2 Å². The summed E-state index contributed by atoms with van der Waals surface area (Å²) in [6, 6.07) is 3.89. The number of nitrogens with one attached hydrogen (secondary N) is 1. The minimum Gasteiger partial charge on any atom is -0.478 e. The molecule has 1 aromatic rings. The molecule has 0 atom stereocenters. The second-order valence-electron chi connectivity index (χ2n) is 4.55. The lowest BCUT2D eigenvalue weighted by Crippen LogP contribution is -2.34. The fourth-order valence-electron chi connectivity index (χ4n) is 1.97. The van der Waals surface area contributed by atoms with Crippen molar-refractivity contribution in [3.8, 4) is 0 Å². The van der Waals surface area contributed by atoms with Crippen LogP contribution in [0, 0.1) is 0 Å². The number of amides is 1. The number of rotatable bonds is 4. The Labute approximate surface area is 126 Å². The number of benzene rings is 1. The van der Waals surface area contributed by atoms with Gasteiger partial charge in [-0.2, -0.15) is 4.31 Å². The minimum absolute atomic E-state index is 0.0245. The Kier molecular flexibility index (Phi) is 4.50. The average molecular weight is 333 g/mol. The average Bonchev–Trinajstić information content (AvgIpc) is 2.71. The fourth-order valence-corrected chi connectivity index (χ4v) is 3.61. The molecule has 1 heterocycles. The van der Waals surface area contributed by atoms with E-state index in [2.05, 4.69) is 5.32 Å². The molecule has 0 aromatic heterocycles. The first kappa shape index (κ1) is 15.7. The van der Waals surface area contributed by atoms with Gasteiger partial charge in [-0.05, 0) is 24.6 Å². The maximum atomic E-state index is 11.9. The molecule has 7 nitrogen and oxygen atoms in total. The molecular formula is C12H13ClN2O5S. The molecule has 9 heteroatoms. The van der Waals surface area contributed by atoms with E-state index in [1.54, 1.807) is 0 Å². The second kappa shape index (κ2) is 6.00. The third-order valence-electron chi connectivity index (χ3n) is 3.01. The number of carboxylic acid groups (broad SMARTS) is 1. The van der Waals surface area contributed by atoms with Crippen LogP contribution in [0.4, 0.5) is 5.69 Å². The Balaban J connectivity index is 2.09. The zero-order chi connectivity index (χ0) is 15.6. The topological polar surface area (TPSA) is 104 Å². The van der Waals surface area contributed by atoms with E-state index in [1.807, 2.05) is 0 Å². The molecule has 1 amide bonds. The first-order valence-electron chi connectivity index (χ1n) is 6.10. The molecule has 0 radical (unpaired) electrons. The summed E-state index contributed by atoms with van der Waals surface area (Å²) in [5.74, 6) is -1.68. The highest BCUT2D eigenvalue weighted by Crippen LogP contribution is 2.23. The van der Waals surface area contributed by atoms with Crippen molar-refractivity contribution in [3.63, 3.8) is 0 Å². The van der Waals surface area contributed by atoms with Crippen molar-refractivity contribution in [1.82, 2.24) is 4.31 Å². The highest BCUT2D eigenvalue weighted by molar-refractivity contribution is 7.89. The quantitative estimate of drug-likeness (QED) is 0.856. The van der Waals surface area contributed by atoms with Crippen molar-refractivity contribution < 1.29 is 23.1 Å². The van der Waals surface area contributed by atoms with Crippen LogP contribution in [0.1, 0.15) is 16.8 Å². The summed E-state index contributed by atoms with van der Waals surface area (Å²) in [6.07, 6.45) is 0.491. The molecule has 1 aliphatic rings. The number of nitrogens with zero attached hydrogens (tertiary/aromatic N) is 1. The van der Waals surface area contributed by atoms with Crippen molar-refractivity contribution >= 4 is 39.2 Å². The van der Waals surface area contributed by atoms with E-state index in [1.165, 1.54) is 18.2 Å². The van der Waals surface area contributed by atoms with Crippen LogP contribution in [0.25, 0.3) is 0 Å². The highest BCUT2D eigenvalue weighted by atomic mass is 35.5. The number of hydrogen-bond donors (Lipinski definition) is 2. The van der Waals surface area contributed by atoms with Crippen LogP contribution in [-0.2, 0) is 14.8 Å². The smallest absolute Gasteiger partial charge is 0.335 e. The number of sulfonamides is 1. The third-order valence-corrected chi connectivity index (χ3v) is 5.24. The zero-order valence-electron chi connectivity index (χ0n) is 10.9. The molecule has 0 unspecified atom stereocenters. The van der Waals surface area contributed by atoms with Gasteiger partial charge in [0.25, 0.3) is 0 Å². The number of carbonyl (C=O) groups excluding carboxylic acids is 1. The van der Waals surface area contributed by atoms with Crippen LogP contribution < -0.4 is 5.32 Å². The minimum atomic E-state index is -3.36. The summed E-state index contributed by atoms with van der Waals surface area (Å²) in [6.45, 7) is -0.00534. The third kappa shape index (κ3) is 3.72. The molecule has 21 heavy (non-hydrogen) atoms. The molecule has 2 rings (SSSR count). The molecule has 1 saturated heterocycles. The molecular weight excluding hydrogens is 320 g/mol. The highest BCUT2D eigenvalue weighted by Gasteiger charge is 2.29. The number of hydrogen-bond acceptors (Lipinski definition) is 4. The van der Waals surface area contributed by atoms with Crippen LogP contribution in [0.5, 0.6) is 0 Å². The van der Waals surface area contributed by atoms with E-state index < -0.39 is 21.9 Å². The van der Waals surface area contributed by atoms with Crippen LogP contribution >= 0.6 is 11.6 Å². The Hall–Kier alpha value is -1.64. The van der Waals surface area contributed by atoms with E-state index in [0.29, 0.717) is 13.0 Å². The van der Waals surface area contributed by atoms with E-state index in [4.69, 9.17) is 16.7 Å². The largest absolute Gasteiger partial charge is 0.478 e. The summed E-state index contributed by atoms with van der Waals surface area (Å²) in [7, 11) is -3.36. The summed E-state index contributed by atoms with van der Waals surface area (Å²) >= 11 is 5.88. The van der Waals surface area contributed by atoms with Gasteiger partial charge in [0.15, 0.2) is 0 Å². The summed E-state index contributed by atoms with van der Waals surface area (Å²) in [5, 5.41) is 11.5. The van der Waals surface area contributed by atoms with Crippen molar-refractivity contribution in [3.05, 3.63) is 28.8 Å². The summed E-state index contributed by atoms with van der Waals surface area (Å²) in [4.78, 5) is 22.7. The van der Waals surface area contributed by atoms with Gasteiger partial charge < -0.3 is 10.4 Å². The lowest BCUT2D eigenvalue weighted by atomic mass is 10.2. The number of anilines is 1. The van der Waals surface area contributed by atoms with E-state index in [-0.39, 0.29) is 28.6 Å².